The van der Waals surface area contributed by atoms with Gasteiger partial charge in [0.15, 0.2) is 23.6 Å². The van der Waals surface area contributed by atoms with Gasteiger partial charge in [-0.05, 0) is 36.8 Å². The number of anilines is 2. The number of nitrogen functional groups attached to an aromatic ring is 1. The van der Waals surface area contributed by atoms with Crippen molar-refractivity contribution >= 4 is 28.4 Å². The van der Waals surface area contributed by atoms with Gasteiger partial charge in [-0.1, -0.05) is 12.1 Å². The molecule has 31 heavy (non-hydrogen) atoms. The summed E-state index contributed by atoms with van der Waals surface area (Å²) in [5.41, 5.74) is 6.03. The molecule has 0 fully saturated rings. The van der Waals surface area contributed by atoms with Gasteiger partial charge in [-0.15, -0.1) is 0 Å². The third-order valence-corrected chi connectivity index (χ3v) is 4.62. The smallest absolute Gasteiger partial charge is 0.257 e. The Hall–Kier alpha value is -3.99. The van der Waals surface area contributed by atoms with Crippen LogP contribution in [0.5, 0.6) is 0 Å². The molecule has 1 amide bonds. The highest BCUT2D eigenvalue weighted by Crippen LogP contribution is 2.29. The number of nitrogens with two attached hydrogens (primary N) is 1. The quantitative estimate of drug-likeness (QED) is 0.460. The Kier molecular flexibility index (Phi) is 5.03. The molecule has 1 unspecified atom stereocenters. The number of rotatable bonds is 4. The first-order valence-electron chi connectivity index (χ1n) is 8.96. The molecule has 0 saturated carbocycles. The van der Waals surface area contributed by atoms with Crippen molar-refractivity contribution in [3.8, 4) is 5.69 Å². The van der Waals surface area contributed by atoms with E-state index in [4.69, 9.17) is 5.73 Å². The van der Waals surface area contributed by atoms with E-state index in [0.29, 0.717) is 11.2 Å². The first-order chi connectivity index (χ1) is 14.8. The molecule has 0 bridgehead atoms. The van der Waals surface area contributed by atoms with Gasteiger partial charge in [0.05, 0.1) is 11.4 Å². The normalized spacial score (nSPS) is 12.2. The fraction of sp³-hybridized carbons (Fsp3) is 0.100. The van der Waals surface area contributed by atoms with Crippen molar-refractivity contribution in [2.75, 3.05) is 11.1 Å². The van der Waals surface area contributed by atoms with Crippen molar-refractivity contribution in [2.24, 2.45) is 0 Å². The fourth-order valence-electron chi connectivity index (χ4n) is 3.12. The molecule has 4 aromatic rings. The number of fused-ring (bicyclic) bond motifs is 1. The Morgan fingerprint density at radius 1 is 1.16 bits per heavy atom. The summed E-state index contributed by atoms with van der Waals surface area (Å²) in [7, 11) is 0. The zero-order valence-corrected chi connectivity index (χ0v) is 16.0. The lowest BCUT2D eigenvalue weighted by molar-refractivity contribution is -0.124. The van der Waals surface area contributed by atoms with Gasteiger partial charge in [-0.3, -0.25) is 4.79 Å². The standard InChI is InChI=1S/C20H15F3N6O2/c1-9-16-17(19(24)26-8-25-16)29(28-9)13-6-5-12(14(22)15(13)23)27-20(31)18(30)10-3-2-4-11(21)7-10/h2-8,18,30H,1H3,(H,27,31)(H2,24,25,26). The van der Waals surface area contributed by atoms with Gasteiger partial charge in [0.2, 0.25) is 0 Å². The second-order valence-corrected chi connectivity index (χ2v) is 6.66. The second-order valence-electron chi connectivity index (χ2n) is 6.66. The van der Waals surface area contributed by atoms with Crippen molar-refractivity contribution in [2.45, 2.75) is 13.0 Å². The average Bonchev–Trinajstić information content (AvgIpc) is 3.08. The van der Waals surface area contributed by atoms with Crippen LogP contribution in [0.15, 0.2) is 42.7 Å². The summed E-state index contributed by atoms with van der Waals surface area (Å²) in [5.74, 6) is -4.38. The summed E-state index contributed by atoms with van der Waals surface area (Å²) in [6.45, 7) is 1.63. The monoisotopic (exact) mass is 428 g/mol. The Bertz CT molecular complexity index is 1320. The number of nitrogens with one attached hydrogen (secondary N) is 1. The Labute approximate surface area is 173 Å². The highest BCUT2D eigenvalue weighted by atomic mass is 19.2. The van der Waals surface area contributed by atoms with E-state index in [9.17, 15) is 23.1 Å². The number of hydrogen-bond donors (Lipinski definition) is 3. The number of halogens is 3. The number of aliphatic hydroxyl groups excluding tert-OH is 1. The van der Waals surface area contributed by atoms with Gasteiger partial charge in [0.25, 0.3) is 5.91 Å². The van der Waals surface area contributed by atoms with Gasteiger partial charge in [-0.25, -0.2) is 27.8 Å². The number of aryl methyl sites for hydroxylation is 1. The van der Waals surface area contributed by atoms with Crippen LogP contribution < -0.4 is 11.1 Å². The average molecular weight is 428 g/mol. The lowest BCUT2D eigenvalue weighted by atomic mass is 10.1. The van der Waals surface area contributed by atoms with Crippen LogP contribution in [0.25, 0.3) is 16.7 Å². The molecule has 0 spiro atoms. The van der Waals surface area contributed by atoms with E-state index >= 15 is 0 Å². The minimum absolute atomic E-state index is 0.0287. The number of nitrogens with zero attached hydrogens (tertiary/aromatic N) is 4. The maximum absolute atomic E-state index is 14.9. The second kappa shape index (κ2) is 7.69. The first-order valence-corrected chi connectivity index (χ1v) is 8.96. The molecule has 0 saturated heterocycles. The third kappa shape index (κ3) is 3.55. The van der Waals surface area contributed by atoms with Gasteiger partial charge in [0, 0.05) is 0 Å². The maximum Gasteiger partial charge on any atom is 0.257 e. The summed E-state index contributed by atoms with van der Waals surface area (Å²) >= 11 is 0. The van der Waals surface area contributed by atoms with Gasteiger partial charge in [-0.2, -0.15) is 5.10 Å². The van der Waals surface area contributed by atoms with Crippen LogP contribution in [-0.4, -0.2) is 30.8 Å². The zero-order chi connectivity index (χ0) is 22.3. The van der Waals surface area contributed by atoms with Crippen LogP contribution in [0.1, 0.15) is 17.4 Å². The lowest BCUT2D eigenvalue weighted by Gasteiger charge is -2.14. The van der Waals surface area contributed by atoms with Crippen LogP contribution in [0, 0.1) is 24.4 Å². The van der Waals surface area contributed by atoms with Crippen molar-refractivity contribution in [1.29, 1.82) is 0 Å². The summed E-state index contributed by atoms with van der Waals surface area (Å²) in [6, 6.07) is 7.02. The first kappa shape index (κ1) is 20.3. The van der Waals surface area contributed by atoms with Crippen molar-refractivity contribution in [3.63, 3.8) is 0 Å². The van der Waals surface area contributed by atoms with Crippen molar-refractivity contribution < 1.29 is 23.1 Å². The number of carbonyl (C=O) groups is 1. The van der Waals surface area contributed by atoms with E-state index in [0.717, 1.165) is 22.9 Å². The van der Waals surface area contributed by atoms with E-state index in [1.807, 2.05) is 0 Å². The molecule has 0 aliphatic carbocycles. The molecule has 0 radical (unpaired) electrons. The Balaban J connectivity index is 1.68. The zero-order valence-electron chi connectivity index (χ0n) is 16.0. The molecular formula is C20H15F3N6O2. The number of amides is 1. The molecule has 1 atom stereocenters. The number of aliphatic hydroxyl groups is 1. The molecular weight excluding hydrogens is 413 g/mol. The molecule has 2 aromatic heterocycles. The summed E-state index contributed by atoms with van der Waals surface area (Å²) < 4.78 is 44.0. The highest BCUT2D eigenvalue weighted by molar-refractivity contribution is 5.95. The summed E-state index contributed by atoms with van der Waals surface area (Å²) in [4.78, 5) is 20.1. The number of hydrogen-bond acceptors (Lipinski definition) is 6. The van der Waals surface area contributed by atoms with Crippen LogP contribution in [-0.2, 0) is 4.79 Å². The Morgan fingerprint density at radius 3 is 2.68 bits per heavy atom. The largest absolute Gasteiger partial charge is 0.382 e. The van der Waals surface area contributed by atoms with Crippen LogP contribution in [0.3, 0.4) is 0 Å². The van der Waals surface area contributed by atoms with Crippen LogP contribution in [0.2, 0.25) is 0 Å². The molecule has 0 aliphatic heterocycles. The highest BCUT2D eigenvalue weighted by Gasteiger charge is 2.23. The SMILES string of the molecule is Cc1nn(-c2ccc(NC(=O)C(O)c3cccc(F)c3)c(F)c2F)c2c(N)ncnc12. The molecule has 11 heteroatoms. The van der Waals surface area contributed by atoms with Crippen LogP contribution in [0.4, 0.5) is 24.7 Å². The van der Waals surface area contributed by atoms with Gasteiger partial charge >= 0.3 is 0 Å². The summed E-state index contributed by atoms with van der Waals surface area (Å²) in [5, 5.41) is 16.3. The summed E-state index contributed by atoms with van der Waals surface area (Å²) in [6.07, 6.45) is -0.552. The van der Waals surface area contributed by atoms with E-state index < -0.39 is 35.2 Å². The van der Waals surface area contributed by atoms with Crippen LogP contribution >= 0.6 is 0 Å². The Morgan fingerprint density at radius 2 is 1.94 bits per heavy atom. The minimum atomic E-state index is -1.78. The maximum atomic E-state index is 14.9. The molecule has 0 aliphatic rings. The molecule has 158 valence electrons. The third-order valence-electron chi connectivity index (χ3n) is 4.62. The molecule has 4 rings (SSSR count). The predicted octanol–water partition coefficient (Wildman–Crippen LogP) is 2.80. The molecule has 2 heterocycles. The van der Waals surface area contributed by atoms with E-state index in [2.05, 4.69) is 20.4 Å². The minimum Gasteiger partial charge on any atom is -0.382 e. The number of aromatic nitrogens is 4. The molecule has 2 aromatic carbocycles. The van der Waals surface area contributed by atoms with Crippen molar-refractivity contribution in [3.05, 3.63) is 71.4 Å². The predicted molar refractivity (Wildman–Crippen MR) is 106 cm³/mol. The van der Waals surface area contributed by atoms with E-state index in [1.165, 1.54) is 24.5 Å². The lowest BCUT2D eigenvalue weighted by Crippen LogP contribution is -2.22. The number of benzene rings is 2. The van der Waals surface area contributed by atoms with Gasteiger partial charge < -0.3 is 16.2 Å². The number of carbonyl (C=O) groups excluding carboxylic acids is 1. The van der Waals surface area contributed by atoms with E-state index in [1.54, 1.807) is 6.92 Å². The van der Waals surface area contributed by atoms with Gasteiger partial charge in [0.1, 0.15) is 28.9 Å². The van der Waals surface area contributed by atoms with Crippen molar-refractivity contribution in [1.82, 2.24) is 19.7 Å². The topological polar surface area (TPSA) is 119 Å². The molecule has 4 N–H and O–H groups in total. The fourth-order valence-corrected chi connectivity index (χ4v) is 3.12. The van der Waals surface area contributed by atoms with E-state index in [-0.39, 0.29) is 22.6 Å². The molecule has 8 nitrogen and oxygen atoms in total.